The van der Waals surface area contributed by atoms with Crippen LogP contribution in [0.2, 0.25) is 0 Å². The molecule has 0 unspecified atom stereocenters. The van der Waals surface area contributed by atoms with Crippen molar-refractivity contribution in [2.24, 2.45) is 0 Å². The third-order valence-electron chi connectivity index (χ3n) is 3.04. The molecule has 0 atom stereocenters. The number of carbonyl (C=O) groups excluding carboxylic acids is 1. The summed E-state index contributed by atoms with van der Waals surface area (Å²) in [4.78, 5) is 11.9. The van der Waals surface area contributed by atoms with Crippen LogP contribution in [0.25, 0.3) is 11.8 Å². The van der Waals surface area contributed by atoms with E-state index < -0.39 is 15.9 Å². The van der Waals surface area contributed by atoms with Gasteiger partial charge in [-0.2, -0.15) is 4.31 Å². The van der Waals surface area contributed by atoms with Crippen molar-refractivity contribution in [2.75, 3.05) is 6.26 Å². The number of nitrogens with zero attached hydrogens (tertiary/aromatic N) is 1. The molecular formula is C18H17NO3S. The fourth-order valence-corrected chi connectivity index (χ4v) is 3.07. The van der Waals surface area contributed by atoms with Crippen LogP contribution in [0, 0.1) is 0 Å². The van der Waals surface area contributed by atoms with Crippen LogP contribution in [0.1, 0.15) is 18.1 Å². The highest BCUT2D eigenvalue weighted by molar-refractivity contribution is 7.89. The molecule has 2 aromatic rings. The summed E-state index contributed by atoms with van der Waals surface area (Å²) in [6.45, 7) is 1.22. The van der Waals surface area contributed by atoms with E-state index in [1.165, 1.54) is 6.92 Å². The first-order chi connectivity index (χ1) is 10.9. The lowest BCUT2D eigenvalue weighted by Crippen LogP contribution is -2.32. The first-order valence-corrected chi connectivity index (χ1v) is 8.82. The highest BCUT2D eigenvalue weighted by Crippen LogP contribution is 2.21. The van der Waals surface area contributed by atoms with Crippen molar-refractivity contribution in [3.05, 3.63) is 77.5 Å². The van der Waals surface area contributed by atoms with Crippen LogP contribution in [-0.4, -0.2) is 24.9 Å². The Hall–Kier alpha value is -2.62. The normalized spacial score (nSPS) is 10.5. The molecule has 0 heterocycles. The third kappa shape index (κ3) is 4.42. The predicted molar refractivity (Wildman–Crippen MR) is 91.6 cm³/mol. The van der Waals surface area contributed by atoms with Gasteiger partial charge in [0.15, 0.2) is 0 Å². The predicted octanol–water partition coefficient (Wildman–Crippen LogP) is 3.15. The fourth-order valence-electron chi connectivity index (χ4n) is 2.11. The number of hydrogen-bond acceptors (Lipinski definition) is 3. The first kappa shape index (κ1) is 16.7. The highest BCUT2D eigenvalue weighted by atomic mass is 32.2. The maximum Gasteiger partial charge on any atom is 0.239 e. The SMILES string of the molecule is CC(=O)N(C(=C=Cc1ccccc1)c1ccccc1)S(C)(=O)=O. The van der Waals surface area contributed by atoms with Crippen molar-refractivity contribution in [2.45, 2.75) is 6.92 Å². The molecule has 0 N–H and O–H groups in total. The second kappa shape index (κ2) is 7.09. The Balaban J connectivity index is 2.66. The van der Waals surface area contributed by atoms with Gasteiger partial charge in [-0.3, -0.25) is 4.79 Å². The van der Waals surface area contributed by atoms with Crippen LogP contribution in [0.4, 0.5) is 0 Å². The molecular weight excluding hydrogens is 310 g/mol. The van der Waals surface area contributed by atoms with Crippen LogP contribution < -0.4 is 0 Å². The van der Waals surface area contributed by atoms with E-state index in [2.05, 4.69) is 5.73 Å². The van der Waals surface area contributed by atoms with Crippen LogP contribution in [0.3, 0.4) is 0 Å². The van der Waals surface area contributed by atoms with E-state index in [0.29, 0.717) is 5.56 Å². The minimum Gasteiger partial charge on any atom is -0.274 e. The molecule has 0 saturated carbocycles. The number of sulfonamides is 1. The molecule has 23 heavy (non-hydrogen) atoms. The zero-order chi connectivity index (χ0) is 16.9. The van der Waals surface area contributed by atoms with Gasteiger partial charge in [0, 0.05) is 12.5 Å². The highest BCUT2D eigenvalue weighted by Gasteiger charge is 2.25. The van der Waals surface area contributed by atoms with Gasteiger partial charge in [-0.15, -0.1) is 0 Å². The quantitative estimate of drug-likeness (QED) is 0.811. The summed E-state index contributed by atoms with van der Waals surface area (Å²) in [7, 11) is -3.75. The zero-order valence-electron chi connectivity index (χ0n) is 12.9. The van der Waals surface area contributed by atoms with Crippen molar-refractivity contribution >= 4 is 27.7 Å². The second-order valence-corrected chi connectivity index (χ2v) is 6.79. The van der Waals surface area contributed by atoms with E-state index in [1.807, 2.05) is 36.4 Å². The molecule has 2 aromatic carbocycles. The van der Waals surface area contributed by atoms with E-state index in [-0.39, 0.29) is 5.70 Å². The number of benzene rings is 2. The van der Waals surface area contributed by atoms with Gasteiger partial charge in [-0.05, 0) is 11.6 Å². The monoisotopic (exact) mass is 327 g/mol. The van der Waals surface area contributed by atoms with Gasteiger partial charge in [0.1, 0.15) is 5.70 Å². The summed E-state index contributed by atoms with van der Waals surface area (Å²) < 4.78 is 24.8. The van der Waals surface area contributed by atoms with E-state index in [1.54, 1.807) is 30.3 Å². The molecule has 0 radical (unpaired) electrons. The van der Waals surface area contributed by atoms with Crippen molar-refractivity contribution in [3.63, 3.8) is 0 Å². The van der Waals surface area contributed by atoms with Crippen LogP contribution in [-0.2, 0) is 14.8 Å². The summed E-state index contributed by atoms with van der Waals surface area (Å²) >= 11 is 0. The van der Waals surface area contributed by atoms with E-state index >= 15 is 0 Å². The Kier molecular flexibility index (Phi) is 5.16. The summed E-state index contributed by atoms with van der Waals surface area (Å²) in [5.74, 6) is -0.583. The minimum absolute atomic E-state index is 0.199. The Morgan fingerprint density at radius 1 is 1.00 bits per heavy atom. The van der Waals surface area contributed by atoms with Gasteiger partial charge >= 0.3 is 0 Å². The average Bonchev–Trinajstić information content (AvgIpc) is 2.51. The number of amides is 1. The lowest BCUT2D eigenvalue weighted by atomic mass is 10.1. The summed E-state index contributed by atoms with van der Waals surface area (Å²) in [6, 6.07) is 18.2. The number of carbonyl (C=O) groups is 1. The fraction of sp³-hybridized carbons (Fsp3) is 0.111. The van der Waals surface area contributed by atoms with E-state index in [4.69, 9.17) is 0 Å². The lowest BCUT2D eigenvalue weighted by molar-refractivity contribution is -0.122. The summed E-state index contributed by atoms with van der Waals surface area (Å²) in [5.41, 5.74) is 4.61. The van der Waals surface area contributed by atoms with Gasteiger partial charge < -0.3 is 0 Å². The van der Waals surface area contributed by atoms with Crippen molar-refractivity contribution in [1.82, 2.24) is 4.31 Å². The molecule has 0 aromatic heterocycles. The van der Waals surface area contributed by atoms with Gasteiger partial charge in [-0.25, -0.2) is 8.42 Å². The van der Waals surface area contributed by atoms with Crippen LogP contribution in [0.15, 0.2) is 66.4 Å². The zero-order valence-corrected chi connectivity index (χ0v) is 13.7. The van der Waals surface area contributed by atoms with Crippen molar-refractivity contribution in [3.8, 4) is 0 Å². The van der Waals surface area contributed by atoms with E-state index in [9.17, 15) is 13.2 Å². The molecule has 118 valence electrons. The van der Waals surface area contributed by atoms with Gasteiger partial charge in [0.25, 0.3) is 0 Å². The van der Waals surface area contributed by atoms with Crippen molar-refractivity contribution in [1.29, 1.82) is 0 Å². The molecule has 0 aliphatic rings. The molecule has 1 amide bonds. The Morgan fingerprint density at radius 3 is 2.00 bits per heavy atom. The molecule has 4 nitrogen and oxygen atoms in total. The Labute approximate surface area is 136 Å². The molecule has 0 spiro atoms. The van der Waals surface area contributed by atoms with Gasteiger partial charge in [-0.1, -0.05) is 66.4 Å². The molecule has 2 rings (SSSR count). The molecule has 0 bridgehead atoms. The molecule has 0 aliphatic carbocycles. The van der Waals surface area contributed by atoms with Crippen LogP contribution >= 0.6 is 0 Å². The van der Waals surface area contributed by atoms with E-state index in [0.717, 1.165) is 16.1 Å². The lowest BCUT2D eigenvalue weighted by Gasteiger charge is -2.20. The maximum absolute atomic E-state index is 12.0. The third-order valence-corrected chi connectivity index (χ3v) is 4.15. The molecule has 0 fully saturated rings. The Morgan fingerprint density at radius 2 is 1.52 bits per heavy atom. The number of rotatable bonds is 4. The first-order valence-electron chi connectivity index (χ1n) is 6.97. The van der Waals surface area contributed by atoms with Gasteiger partial charge in [0.05, 0.1) is 6.26 Å². The maximum atomic E-state index is 12.0. The smallest absolute Gasteiger partial charge is 0.239 e. The van der Waals surface area contributed by atoms with Crippen LogP contribution in [0.5, 0.6) is 0 Å². The van der Waals surface area contributed by atoms with Gasteiger partial charge in [0.2, 0.25) is 15.9 Å². The van der Waals surface area contributed by atoms with Crippen molar-refractivity contribution < 1.29 is 13.2 Å². The molecule has 0 saturated heterocycles. The largest absolute Gasteiger partial charge is 0.274 e. The summed E-state index contributed by atoms with van der Waals surface area (Å²) in [6.07, 6.45) is 2.66. The number of hydrogen-bond donors (Lipinski definition) is 0. The second-order valence-electron chi connectivity index (χ2n) is 4.96. The standard InChI is InChI=1S/C18H17NO3S/c1-15(20)19(23(2,21)22)18(17-11-7-4-8-12-17)14-13-16-9-5-3-6-10-16/h3-13H,1-2H3. The molecule has 5 heteroatoms. The average molecular weight is 327 g/mol. The topological polar surface area (TPSA) is 54.5 Å². The molecule has 0 aliphatic heterocycles. The minimum atomic E-state index is -3.75. The summed E-state index contributed by atoms with van der Waals surface area (Å²) in [5, 5.41) is 0. The Bertz CT molecular complexity index is 850.